The van der Waals surface area contributed by atoms with Crippen LogP contribution in [0.5, 0.6) is 5.75 Å². The molecule has 2 aromatic carbocycles. The molecule has 0 bridgehead atoms. The maximum absolute atomic E-state index is 11.9. The molecule has 1 aliphatic rings. The minimum absolute atomic E-state index is 0.208. The van der Waals surface area contributed by atoms with Gasteiger partial charge < -0.3 is 10.2 Å². The molecule has 4 rings (SSSR count). The number of aromatic hydroxyl groups is 1. The molecule has 7 nitrogen and oxygen atoms in total. The first-order chi connectivity index (χ1) is 15.7. The molecule has 3 atom stereocenters. The number of aliphatic hydroxyl groups excluding tert-OH is 1. The molecule has 1 unspecified atom stereocenters. The zero-order valence-corrected chi connectivity index (χ0v) is 19.6. The summed E-state index contributed by atoms with van der Waals surface area (Å²) in [4.78, 5) is 9.23. The van der Waals surface area contributed by atoms with E-state index in [1.165, 1.54) is 6.26 Å². The van der Waals surface area contributed by atoms with Gasteiger partial charge in [-0.3, -0.25) is 0 Å². The number of phenolic OH excluding ortho intramolecular Hbond substituents is 1. The van der Waals surface area contributed by atoms with Crippen molar-refractivity contribution in [2.75, 3.05) is 6.26 Å². The molecule has 174 valence electrons. The predicted octanol–water partition coefficient (Wildman–Crippen LogP) is 3.48. The van der Waals surface area contributed by atoms with Crippen molar-refractivity contribution >= 4 is 10.0 Å². The highest BCUT2D eigenvalue weighted by Crippen LogP contribution is 2.43. The van der Waals surface area contributed by atoms with Crippen molar-refractivity contribution in [2.45, 2.75) is 50.2 Å². The summed E-state index contributed by atoms with van der Waals surface area (Å²) in [6.45, 7) is 1.66. The lowest BCUT2D eigenvalue weighted by atomic mass is 9.78. The number of aliphatic hydroxyl groups is 1. The summed E-state index contributed by atoms with van der Waals surface area (Å²) < 4.78 is 26.5. The first-order valence-electron chi connectivity index (χ1n) is 11.0. The zero-order valence-electron chi connectivity index (χ0n) is 18.8. The van der Waals surface area contributed by atoms with E-state index >= 15 is 0 Å². The molecular formula is C25H29N3O4S. The van der Waals surface area contributed by atoms with Crippen molar-refractivity contribution in [1.29, 1.82) is 0 Å². The predicted molar refractivity (Wildman–Crippen MR) is 127 cm³/mol. The van der Waals surface area contributed by atoms with E-state index in [1.807, 2.05) is 36.4 Å². The van der Waals surface area contributed by atoms with Crippen LogP contribution in [0.2, 0.25) is 0 Å². The van der Waals surface area contributed by atoms with Crippen molar-refractivity contribution in [2.24, 2.45) is 0 Å². The van der Waals surface area contributed by atoms with Gasteiger partial charge in [-0.2, -0.15) is 0 Å². The number of hydrogen-bond acceptors (Lipinski definition) is 6. The number of para-hydroxylation sites is 1. The Morgan fingerprint density at radius 2 is 1.97 bits per heavy atom. The molecule has 0 spiro atoms. The van der Waals surface area contributed by atoms with Crippen LogP contribution in [-0.2, 0) is 21.9 Å². The van der Waals surface area contributed by atoms with Gasteiger partial charge in [0.1, 0.15) is 11.6 Å². The van der Waals surface area contributed by atoms with Crippen LogP contribution in [-0.4, -0.2) is 40.9 Å². The van der Waals surface area contributed by atoms with Gasteiger partial charge in [0.2, 0.25) is 10.0 Å². The Labute approximate surface area is 194 Å². The number of rotatable bonds is 7. The Hall–Kier alpha value is -2.81. The van der Waals surface area contributed by atoms with E-state index in [0.717, 1.165) is 16.7 Å². The van der Waals surface area contributed by atoms with E-state index in [9.17, 15) is 18.6 Å². The quantitative estimate of drug-likeness (QED) is 0.490. The lowest BCUT2D eigenvalue weighted by Crippen LogP contribution is -2.35. The Bertz CT molecular complexity index is 1250. The Morgan fingerprint density at radius 3 is 2.70 bits per heavy atom. The van der Waals surface area contributed by atoms with E-state index in [-0.39, 0.29) is 11.8 Å². The number of benzene rings is 2. The molecule has 0 aliphatic heterocycles. The molecular weight excluding hydrogens is 438 g/mol. The van der Waals surface area contributed by atoms with Crippen molar-refractivity contribution in [3.63, 3.8) is 0 Å². The largest absolute Gasteiger partial charge is 0.507 e. The highest BCUT2D eigenvalue weighted by atomic mass is 32.2. The van der Waals surface area contributed by atoms with Crippen molar-refractivity contribution in [3.8, 4) is 16.9 Å². The second kappa shape index (κ2) is 9.21. The highest BCUT2D eigenvalue weighted by molar-refractivity contribution is 7.88. The van der Waals surface area contributed by atoms with Gasteiger partial charge in [-0.15, -0.1) is 0 Å². The van der Waals surface area contributed by atoms with Crippen LogP contribution in [0.15, 0.2) is 60.8 Å². The standard InChI is InChI=1S/C25H29N3O4S/c1-17(29)22-11-13-26-24(27-22)25(12-10-20(16-25)28-33(2,31)32)15-18-6-5-7-19(14-18)21-8-3-4-9-23(21)30/h3-9,11,13-14,17,20,28-30H,10,12,15-16H2,1-2H3/t17?,20-,25+/m0/s1. The molecule has 1 saturated carbocycles. The summed E-state index contributed by atoms with van der Waals surface area (Å²) in [6.07, 6.45) is 4.66. The fourth-order valence-corrected chi connectivity index (χ4v) is 5.60. The summed E-state index contributed by atoms with van der Waals surface area (Å²) in [7, 11) is -3.34. The summed E-state index contributed by atoms with van der Waals surface area (Å²) in [5, 5.41) is 20.3. The first kappa shape index (κ1) is 23.4. The summed E-state index contributed by atoms with van der Waals surface area (Å²) in [5.41, 5.74) is 2.76. The van der Waals surface area contributed by atoms with Gasteiger partial charge in [-0.05, 0) is 55.9 Å². The number of nitrogens with one attached hydrogen (secondary N) is 1. The Balaban J connectivity index is 1.72. The van der Waals surface area contributed by atoms with Crippen LogP contribution in [0.25, 0.3) is 11.1 Å². The van der Waals surface area contributed by atoms with Crippen LogP contribution in [0.4, 0.5) is 0 Å². The number of phenols is 1. The van der Waals surface area contributed by atoms with E-state index in [4.69, 9.17) is 0 Å². The number of aromatic nitrogens is 2. The van der Waals surface area contributed by atoms with Crippen molar-refractivity contribution < 1.29 is 18.6 Å². The maximum atomic E-state index is 11.9. The molecule has 3 N–H and O–H groups in total. The monoisotopic (exact) mass is 467 g/mol. The lowest BCUT2D eigenvalue weighted by Gasteiger charge is -2.29. The Kier molecular flexibility index (Phi) is 6.52. The van der Waals surface area contributed by atoms with Gasteiger partial charge in [0, 0.05) is 23.2 Å². The van der Waals surface area contributed by atoms with Gasteiger partial charge in [0.05, 0.1) is 18.1 Å². The van der Waals surface area contributed by atoms with Crippen molar-refractivity contribution in [1.82, 2.24) is 14.7 Å². The second-order valence-corrected chi connectivity index (χ2v) is 10.8. The molecule has 1 fully saturated rings. The SMILES string of the molecule is CC(O)c1ccnc([C@@]2(Cc3cccc(-c4ccccc4O)c3)CC[C@H](NS(C)(=O)=O)C2)n1. The van der Waals surface area contributed by atoms with Gasteiger partial charge >= 0.3 is 0 Å². The molecule has 0 amide bonds. The number of hydrogen-bond donors (Lipinski definition) is 3. The van der Waals surface area contributed by atoms with Gasteiger partial charge in [0.15, 0.2) is 0 Å². The topological polar surface area (TPSA) is 112 Å². The van der Waals surface area contributed by atoms with E-state index in [1.54, 1.807) is 31.3 Å². The van der Waals surface area contributed by atoms with Crippen LogP contribution in [0, 0.1) is 0 Å². The minimum atomic E-state index is -3.34. The van der Waals surface area contributed by atoms with E-state index in [2.05, 4.69) is 14.7 Å². The molecule has 8 heteroatoms. The molecule has 1 heterocycles. The van der Waals surface area contributed by atoms with Crippen molar-refractivity contribution in [3.05, 3.63) is 77.9 Å². The molecule has 1 aliphatic carbocycles. The average Bonchev–Trinajstić information content (AvgIpc) is 3.16. The first-order valence-corrected chi connectivity index (χ1v) is 12.9. The fraction of sp³-hybridized carbons (Fsp3) is 0.360. The highest BCUT2D eigenvalue weighted by Gasteiger charge is 2.44. The van der Waals surface area contributed by atoms with Crippen LogP contribution >= 0.6 is 0 Å². The van der Waals surface area contributed by atoms with E-state index < -0.39 is 21.5 Å². The lowest BCUT2D eigenvalue weighted by molar-refractivity contribution is 0.193. The molecule has 1 aromatic heterocycles. The van der Waals surface area contributed by atoms with Gasteiger partial charge in [-0.25, -0.2) is 23.1 Å². The summed E-state index contributed by atoms with van der Waals surface area (Å²) >= 11 is 0. The summed E-state index contributed by atoms with van der Waals surface area (Å²) in [6, 6.07) is 16.7. The van der Waals surface area contributed by atoms with Crippen LogP contribution < -0.4 is 4.72 Å². The molecule has 3 aromatic rings. The maximum Gasteiger partial charge on any atom is 0.208 e. The third-order valence-electron chi connectivity index (χ3n) is 6.25. The third kappa shape index (κ3) is 5.40. The van der Waals surface area contributed by atoms with Gasteiger partial charge in [-0.1, -0.05) is 42.5 Å². The second-order valence-electron chi connectivity index (χ2n) is 8.99. The third-order valence-corrected chi connectivity index (χ3v) is 7.01. The van der Waals surface area contributed by atoms with Crippen LogP contribution in [0.3, 0.4) is 0 Å². The zero-order chi connectivity index (χ0) is 23.6. The molecule has 33 heavy (non-hydrogen) atoms. The number of nitrogens with zero attached hydrogens (tertiary/aromatic N) is 2. The molecule has 0 radical (unpaired) electrons. The summed E-state index contributed by atoms with van der Waals surface area (Å²) in [5.74, 6) is 0.835. The number of sulfonamides is 1. The Morgan fingerprint density at radius 1 is 1.18 bits per heavy atom. The normalized spacial score (nSPS) is 21.7. The van der Waals surface area contributed by atoms with E-state index in [0.29, 0.717) is 37.2 Å². The van der Waals surface area contributed by atoms with Crippen LogP contribution in [0.1, 0.15) is 49.4 Å². The minimum Gasteiger partial charge on any atom is -0.507 e. The smallest absolute Gasteiger partial charge is 0.208 e. The van der Waals surface area contributed by atoms with Gasteiger partial charge in [0.25, 0.3) is 0 Å². The average molecular weight is 468 g/mol. The fourth-order valence-electron chi connectivity index (χ4n) is 4.79. The molecule has 0 saturated heterocycles.